The van der Waals surface area contributed by atoms with Crippen LogP contribution < -0.4 is 0 Å². The summed E-state index contributed by atoms with van der Waals surface area (Å²) >= 11 is 0. The Bertz CT molecular complexity index is 309. The fourth-order valence-electron chi connectivity index (χ4n) is 0.965. The Morgan fingerprint density at radius 2 is 2.00 bits per heavy atom. The molecule has 1 aromatic carbocycles. The summed E-state index contributed by atoms with van der Waals surface area (Å²) in [6, 6.07) is 2.49. The van der Waals surface area contributed by atoms with Gasteiger partial charge in [0.05, 0.1) is 0 Å². The number of phenolic OH excluding ortho intramolecular Hbond substituents is 2. The third kappa shape index (κ3) is 1.37. The van der Waals surface area contributed by atoms with Gasteiger partial charge in [0, 0.05) is 6.07 Å². The van der Waals surface area contributed by atoms with Crippen molar-refractivity contribution in [2.24, 2.45) is 5.18 Å². The van der Waals surface area contributed by atoms with E-state index < -0.39 is 0 Å². The lowest BCUT2D eigenvalue weighted by Crippen LogP contribution is -1.80. The first kappa shape index (κ1) is 8.52. The number of hydrogen-bond acceptors (Lipinski definition) is 4. The molecule has 12 heavy (non-hydrogen) atoms. The van der Waals surface area contributed by atoms with Gasteiger partial charge in [-0.2, -0.15) is 0 Å². The van der Waals surface area contributed by atoms with E-state index in [0.717, 1.165) is 6.07 Å². The summed E-state index contributed by atoms with van der Waals surface area (Å²) < 4.78 is 0. The second-order valence-electron chi connectivity index (χ2n) is 2.41. The molecule has 0 unspecified atom stereocenters. The van der Waals surface area contributed by atoms with Crippen LogP contribution in [0.3, 0.4) is 0 Å². The number of benzene rings is 1. The molecule has 0 atom stereocenters. The van der Waals surface area contributed by atoms with Crippen molar-refractivity contribution in [2.75, 3.05) is 0 Å². The highest BCUT2D eigenvalue weighted by atomic mass is 16.3. The molecule has 0 bridgehead atoms. The lowest BCUT2D eigenvalue weighted by Gasteiger charge is -2.02. The maximum absolute atomic E-state index is 10.1. The molecule has 0 spiro atoms. The molecule has 0 amide bonds. The van der Waals surface area contributed by atoms with E-state index in [0.29, 0.717) is 12.0 Å². The average molecular weight is 167 g/mol. The molecule has 0 heterocycles. The monoisotopic (exact) mass is 167 g/mol. The minimum absolute atomic E-state index is 0.0117. The fraction of sp³-hybridized carbons (Fsp3) is 0.250. The Morgan fingerprint density at radius 1 is 1.33 bits per heavy atom. The molecule has 4 heteroatoms. The van der Waals surface area contributed by atoms with E-state index >= 15 is 0 Å². The van der Waals surface area contributed by atoms with Gasteiger partial charge in [0.25, 0.3) is 0 Å². The molecule has 1 aromatic rings. The summed E-state index contributed by atoms with van der Waals surface area (Å²) in [6.07, 6.45) is 0.592. The Balaban J connectivity index is 3.26. The third-order valence-electron chi connectivity index (χ3n) is 1.66. The largest absolute Gasteiger partial charge is 0.508 e. The predicted octanol–water partition coefficient (Wildman–Crippen LogP) is 2.06. The number of nitrogens with zero attached hydrogens (tertiary/aromatic N) is 1. The van der Waals surface area contributed by atoms with Crippen LogP contribution in [0.5, 0.6) is 11.5 Å². The number of aryl methyl sites for hydroxylation is 1. The molecule has 0 radical (unpaired) electrons. The molecule has 0 aliphatic carbocycles. The van der Waals surface area contributed by atoms with Crippen LogP contribution in [0.2, 0.25) is 0 Å². The second-order valence-corrected chi connectivity index (χ2v) is 2.41. The molecule has 0 aliphatic rings. The highest BCUT2D eigenvalue weighted by Crippen LogP contribution is 2.33. The molecular formula is C8H9NO3. The summed E-state index contributed by atoms with van der Waals surface area (Å²) in [7, 11) is 0. The average Bonchev–Trinajstić information content (AvgIpc) is 2.05. The Labute approximate surface area is 69.4 Å². The second kappa shape index (κ2) is 3.21. The van der Waals surface area contributed by atoms with E-state index in [2.05, 4.69) is 5.18 Å². The van der Waals surface area contributed by atoms with Crippen molar-refractivity contribution in [3.63, 3.8) is 0 Å². The van der Waals surface area contributed by atoms with Crippen LogP contribution in [0.1, 0.15) is 12.5 Å². The number of phenols is 2. The first-order valence-corrected chi connectivity index (χ1v) is 3.57. The number of rotatable bonds is 2. The van der Waals surface area contributed by atoms with Crippen molar-refractivity contribution in [3.8, 4) is 11.5 Å². The van der Waals surface area contributed by atoms with Crippen molar-refractivity contribution in [3.05, 3.63) is 22.6 Å². The Kier molecular flexibility index (Phi) is 2.28. The standard InChI is InChI=1S/C8H9NO3/c1-2-5-3-6(9-12)8(11)4-7(5)10/h3-4,10-11H,2H2,1H3. The van der Waals surface area contributed by atoms with Gasteiger partial charge in [-0.15, -0.1) is 4.91 Å². The molecule has 0 saturated carbocycles. The Morgan fingerprint density at radius 3 is 2.50 bits per heavy atom. The van der Waals surface area contributed by atoms with Crippen molar-refractivity contribution in [2.45, 2.75) is 13.3 Å². The van der Waals surface area contributed by atoms with E-state index in [1.54, 1.807) is 0 Å². The van der Waals surface area contributed by atoms with Crippen molar-refractivity contribution >= 4 is 5.69 Å². The molecule has 64 valence electrons. The molecule has 0 aliphatic heterocycles. The summed E-state index contributed by atoms with van der Waals surface area (Å²) in [5.41, 5.74) is 0.562. The zero-order valence-electron chi connectivity index (χ0n) is 6.61. The summed E-state index contributed by atoms with van der Waals surface area (Å²) in [4.78, 5) is 10.1. The van der Waals surface area contributed by atoms with Crippen LogP contribution in [0, 0.1) is 4.91 Å². The molecule has 4 nitrogen and oxygen atoms in total. The predicted molar refractivity (Wildman–Crippen MR) is 44.6 cm³/mol. The van der Waals surface area contributed by atoms with Crippen LogP contribution in [-0.4, -0.2) is 10.2 Å². The third-order valence-corrected chi connectivity index (χ3v) is 1.66. The topological polar surface area (TPSA) is 69.9 Å². The van der Waals surface area contributed by atoms with Gasteiger partial charge in [0.1, 0.15) is 17.2 Å². The quantitative estimate of drug-likeness (QED) is 0.662. The van der Waals surface area contributed by atoms with Crippen LogP contribution >= 0.6 is 0 Å². The summed E-state index contributed by atoms with van der Waals surface area (Å²) in [5.74, 6) is -0.304. The SMILES string of the molecule is CCc1cc(N=O)c(O)cc1O. The smallest absolute Gasteiger partial charge is 0.150 e. The molecule has 2 N–H and O–H groups in total. The number of hydrogen-bond donors (Lipinski definition) is 2. The minimum Gasteiger partial charge on any atom is -0.508 e. The van der Waals surface area contributed by atoms with E-state index in [9.17, 15) is 10.0 Å². The van der Waals surface area contributed by atoms with Crippen LogP contribution in [0.25, 0.3) is 0 Å². The van der Waals surface area contributed by atoms with Gasteiger partial charge >= 0.3 is 0 Å². The number of nitroso groups, excluding NO2 is 1. The maximum atomic E-state index is 10.1. The van der Waals surface area contributed by atoms with Gasteiger partial charge in [0.2, 0.25) is 0 Å². The van der Waals surface area contributed by atoms with Crippen molar-refractivity contribution < 1.29 is 10.2 Å². The first-order valence-electron chi connectivity index (χ1n) is 3.57. The Hall–Kier alpha value is -1.58. The molecular weight excluding hydrogens is 158 g/mol. The van der Waals surface area contributed by atoms with Gasteiger partial charge in [0.15, 0.2) is 0 Å². The highest BCUT2D eigenvalue weighted by molar-refractivity contribution is 5.57. The van der Waals surface area contributed by atoms with Gasteiger partial charge < -0.3 is 10.2 Å². The van der Waals surface area contributed by atoms with Crippen molar-refractivity contribution in [1.82, 2.24) is 0 Å². The van der Waals surface area contributed by atoms with E-state index in [1.807, 2.05) is 6.92 Å². The van der Waals surface area contributed by atoms with Crippen molar-refractivity contribution in [1.29, 1.82) is 0 Å². The normalized spacial score (nSPS) is 9.75. The zero-order valence-corrected chi connectivity index (χ0v) is 6.61. The van der Waals surface area contributed by atoms with Crippen LogP contribution in [0.15, 0.2) is 17.3 Å². The van der Waals surface area contributed by atoms with E-state index in [1.165, 1.54) is 6.07 Å². The maximum Gasteiger partial charge on any atom is 0.150 e. The minimum atomic E-state index is -0.292. The summed E-state index contributed by atoms with van der Waals surface area (Å²) in [5, 5.41) is 20.9. The molecule has 0 saturated heterocycles. The lowest BCUT2D eigenvalue weighted by molar-refractivity contribution is 0.447. The van der Waals surface area contributed by atoms with Gasteiger partial charge in [-0.05, 0) is 23.2 Å². The molecule has 0 fully saturated rings. The van der Waals surface area contributed by atoms with Gasteiger partial charge in [-0.25, -0.2) is 0 Å². The van der Waals surface area contributed by atoms with Gasteiger partial charge in [-0.1, -0.05) is 6.92 Å². The van der Waals surface area contributed by atoms with Crippen LogP contribution in [-0.2, 0) is 6.42 Å². The van der Waals surface area contributed by atoms with Gasteiger partial charge in [-0.3, -0.25) is 0 Å². The molecule has 1 rings (SSSR count). The number of aromatic hydroxyl groups is 2. The van der Waals surface area contributed by atoms with E-state index in [-0.39, 0.29) is 17.2 Å². The van der Waals surface area contributed by atoms with E-state index in [4.69, 9.17) is 5.11 Å². The van der Waals surface area contributed by atoms with Crippen LogP contribution in [0.4, 0.5) is 5.69 Å². The zero-order chi connectivity index (χ0) is 9.14. The lowest BCUT2D eigenvalue weighted by atomic mass is 10.1. The first-order chi connectivity index (χ1) is 5.69. The fourth-order valence-corrected chi connectivity index (χ4v) is 0.965. The molecule has 0 aromatic heterocycles. The summed E-state index contributed by atoms with van der Waals surface area (Å²) in [6.45, 7) is 1.83. The highest BCUT2D eigenvalue weighted by Gasteiger charge is 2.06.